The molecule has 2 fully saturated rings. The van der Waals surface area contributed by atoms with Crippen molar-refractivity contribution in [3.8, 4) is 0 Å². The summed E-state index contributed by atoms with van der Waals surface area (Å²) in [6, 6.07) is -0.701. The quantitative estimate of drug-likeness (QED) is 0.514. The smallest absolute Gasteiger partial charge is 0.277 e. The molecule has 0 aromatic carbocycles. The Kier molecular flexibility index (Phi) is 1.61. The molecule has 5 nitrogen and oxygen atoms in total. The van der Waals surface area contributed by atoms with E-state index in [1.807, 2.05) is 0 Å². The molecule has 0 bridgehead atoms. The Morgan fingerprint density at radius 2 is 1.38 bits per heavy atom. The lowest BCUT2D eigenvalue weighted by Crippen LogP contribution is -2.61. The van der Waals surface area contributed by atoms with Crippen LogP contribution in [-0.2, 0) is 9.59 Å². The van der Waals surface area contributed by atoms with Crippen molar-refractivity contribution in [2.75, 3.05) is 0 Å². The SMILES string of the molecule is O=C1NC(=O)C2(CCCC2)C(=O)N1. The number of hydrogen-bond acceptors (Lipinski definition) is 3. The van der Waals surface area contributed by atoms with Gasteiger partial charge in [-0.1, -0.05) is 12.8 Å². The summed E-state index contributed by atoms with van der Waals surface area (Å²) in [5.41, 5.74) is -0.950. The van der Waals surface area contributed by atoms with Crippen LogP contribution in [0.3, 0.4) is 0 Å². The maximum absolute atomic E-state index is 11.4. The summed E-state index contributed by atoms with van der Waals surface area (Å²) in [6.45, 7) is 0. The zero-order chi connectivity index (χ0) is 9.47. The van der Waals surface area contributed by atoms with E-state index in [4.69, 9.17) is 0 Å². The molecule has 0 radical (unpaired) electrons. The molecule has 2 aliphatic rings. The average Bonchev–Trinajstić information content (AvgIpc) is 2.50. The maximum atomic E-state index is 11.4. The molecule has 1 heterocycles. The molecule has 1 spiro atoms. The zero-order valence-electron chi connectivity index (χ0n) is 7.05. The Balaban J connectivity index is 2.31. The highest BCUT2D eigenvalue weighted by molar-refractivity contribution is 6.19. The van der Waals surface area contributed by atoms with Crippen LogP contribution in [0.1, 0.15) is 25.7 Å². The molecule has 2 rings (SSSR count). The maximum Gasteiger partial charge on any atom is 0.328 e. The molecule has 5 heteroatoms. The summed E-state index contributed by atoms with van der Waals surface area (Å²) in [4.78, 5) is 33.7. The number of imide groups is 2. The summed E-state index contributed by atoms with van der Waals surface area (Å²) in [6.07, 6.45) is 2.85. The van der Waals surface area contributed by atoms with E-state index < -0.39 is 23.3 Å². The van der Waals surface area contributed by atoms with Gasteiger partial charge in [0.2, 0.25) is 11.8 Å². The van der Waals surface area contributed by atoms with Crippen molar-refractivity contribution < 1.29 is 14.4 Å². The van der Waals surface area contributed by atoms with Gasteiger partial charge >= 0.3 is 6.03 Å². The van der Waals surface area contributed by atoms with Gasteiger partial charge in [0, 0.05) is 0 Å². The van der Waals surface area contributed by atoms with Crippen molar-refractivity contribution in [3.63, 3.8) is 0 Å². The van der Waals surface area contributed by atoms with Crippen LogP contribution in [0.4, 0.5) is 4.79 Å². The Bertz CT molecular complexity index is 270. The van der Waals surface area contributed by atoms with Gasteiger partial charge in [-0.3, -0.25) is 20.2 Å². The van der Waals surface area contributed by atoms with E-state index in [2.05, 4.69) is 10.6 Å². The van der Waals surface area contributed by atoms with Gasteiger partial charge in [-0.15, -0.1) is 0 Å². The summed E-state index contributed by atoms with van der Waals surface area (Å²) in [5.74, 6) is -0.863. The van der Waals surface area contributed by atoms with Gasteiger partial charge in [-0.25, -0.2) is 4.79 Å². The summed E-state index contributed by atoms with van der Waals surface area (Å²) in [5, 5.41) is 4.27. The summed E-state index contributed by atoms with van der Waals surface area (Å²) >= 11 is 0. The molecule has 70 valence electrons. The van der Waals surface area contributed by atoms with Crippen molar-refractivity contribution in [1.82, 2.24) is 10.6 Å². The highest BCUT2D eigenvalue weighted by atomic mass is 16.2. The van der Waals surface area contributed by atoms with Crippen molar-refractivity contribution in [2.45, 2.75) is 25.7 Å². The monoisotopic (exact) mass is 182 g/mol. The topological polar surface area (TPSA) is 75.3 Å². The van der Waals surface area contributed by atoms with Gasteiger partial charge in [0.1, 0.15) is 5.41 Å². The first-order chi connectivity index (χ1) is 6.15. The van der Waals surface area contributed by atoms with Crippen LogP contribution in [-0.4, -0.2) is 17.8 Å². The molecule has 2 N–H and O–H groups in total. The lowest BCUT2D eigenvalue weighted by molar-refractivity contribution is -0.143. The first-order valence-electron chi connectivity index (χ1n) is 4.32. The van der Waals surface area contributed by atoms with E-state index in [0.29, 0.717) is 12.8 Å². The van der Waals surface area contributed by atoms with Gasteiger partial charge in [0.05, 0.1) is 0 Å². The number of barbiturate groups is 1. The van der Waals surface area contributed by atoms with E-state index in [-0.39, 0.29) is 0 Å². The van der Waals surface area contributed by atoms with Gasteiger partial charge in [-0.05, 0) is 12.8 Å². The second-order valence-corrected chi connectivity index (χ2v) is 3.53. The second kappa shape index (κ2) is 2.55. The van der Waals surface area contributed by atoms with Crippen LogP contribution >= 0.6 is 0 Å². The highest BCUT2D eigenvalue weighted by Gasteiger charge is 2.51. The standard InChI is InChI=1S/C8H10N2O3/c11-5-8(3-1-2-4-8)6(12)10-7(13)9-5/h1-4H2,(H2,9,10,11,12,13). The number of carbonyl (C=O) groups is 3. The first kappa shape index (κ1) is 8.22. The van der Waals surface area contributed by atoms with E-state index in [0.717, 1.165) is 12.8 Å². The molecule has 4 amide bonds. The summed E-state index contributed by atoms with van der Waals surface area (Å²) < 4.78 is 0. The minimum absolute atomic E-state index is 0.432. The molecule has 0 unspecified atom stereocenters. The third-order valence-electron chi connectivity index (χ3n) is 2.78. The fourth-order valence-electron chi connectivity index (χ4n) is 2.01. The highest BCUT2D eigenvalue weighted by Crippen LogP contribution is 2.39. The molecule has 1 aliphatic heterocycles. The van der Waals surface area contributed by atoms with Crippen LogP contribution in [0.2, 0.25) is 0 Å². The van der Waals surface area contributed by atoms with Crippen molar-refractivity contribution >= 4 is 17.8 Å². The van der Waals surface area contributed by atoms with Crippen LogP contribution < -0.4 is 10.6 Å². The predicted molar refractivity (Wildman–Crippen MR) is 42.6 cm³/mol. The zero-order valence-corrected chi connectivity index (χ0v) is 7.05. The predicted octanol–water partition coefficient (Wildman–Crippen LogP) is -0.0872. The number of urea groups is 1. The van der Waals surface area contributed by atoms with E-state index in [1.165, 1.54) is 0 Å². The van der Waals surface area contributed by atoms with E-state index in [1.54, 1.807) is 0 Å². The van der Waals surface area contributed by atoms with Crippen LogP contribution in [0.15, 0.2) is 0 Å². The van der Waals surface area contributed by atoms with Gasteiger partial charge < -0.3 is 0 Å². The van der Waals surface area contributed by atoms with Gasteiger partial charge in [0.25, 0.3) is 0 Å². The van der Waals surface area contributed by atoms with Crippen LogP contribution in [0, 0.1) is 5.41 Å². The number of carbonyl (C=O) groups excluding carboxylic acids is 3. The number of rotatable bonds is 0. The third kappa shape index (κ3) is 1.03. The Hall–Kier alpha value is -1.39. The van der Waals surface area contributed by atoms with Crippen molar-refractivity contribution in [3.05, 3.63) is 0 Å². The molecule has 13 heavy (non-hydrogen) atoms. The molecule has 1 saturated carbocycles. The van der Waals surface area contributed by atoms with Crippen LogP contribution in [0.25, 0.3) is 0 Å². The van der Waals surface area contributed by atoms with Gasteiger partial charge in [0.15, 0.2) is 0 Å². The first-order valence-corrected chi connectivity index (χ1v) is 4.32. The molecule has 0 aromatic heterocycles. The van der Waals surface area contributed by atoms with Crippen LogP contribution in [0.5, 0.6) is 0 Å². The molecule has 0 atom stereocenters. The number of amides is 4. The minimum atomic E-state index is -0.950. The minimum Gasteiger partial charge on any atom is -0.277 e. The fourth-order valence-corrected chi connectivity index (χ4v) is 2.01. The van der Waals surface area contributed by atoms with Crippen molar-refractivity contribution in [1.29, 1.82) is 0 Å². The lowest BCUT2D eigenvalue weighted by Gasteiger charge is -2.29. The molecular formula is C8H10N2O3. The average molecular weight is 182 g/mol. The van der Waals surface area contributed by atoms with E-state index in [9.17, 15) is 14.4 Å². The molecule has 1 aliphatic carbocycles. The third-order valence-corrected chi connectivity index (χ3v) is 2.78. The Morgan fingerprint density at radius 3 is 1.85 bits per heavy atom. The number of hydrogen-bond donors (Lipinski definition) is 2. The Labute approximate surface area is 74.9 Å². The fraction of sp³-hybridized carbons (Fsp3) is 0.625. The molecule has 1 saturated heterocycles. The number of nitrogens with one attached hydrogen (secondary N) is 2. The Morgan fingerprint density at radius 1 is 0.923 bits per heavy atom. The van der Waals surface area contributed by atoms with Crippen molar-refractivity contribution in [2.24, 2.45) is 5.41 Å². The molecule has 0 aromatic rings. The largest absolute Gasteiger partial charge is 0.328 e. The summed E-state index contributed by atoms with van der Waals surface area (Å²) in [7, 11) is 0. The van der Waals surface area contributed by atoms with Gasteiger partial charge in [-0.2, -0.15) is 0 Å². The normalized spacial score (nSPS) is 26.0. The second-order valence-electron chi connectivity index (χ2n) is 3.53. The lowest BCUT2D eigenvalue weighted by atomic mass is 9.83. The van der Waals surface area contributed by atoms with E-state index >= 15 is 0 Å². The molecular weight excluding hydrogens is 172 g/mol.